The Morgan fingerprint density at radius 1 is 0.416 bits per heavy atom. The van der Waals surface area contributed by atoms with E-state index < -0.39 is 0 Å². The molecule has 0 N–H and O–H groups in total. The lowest BCUT2D eigenvalue weighted by Gasteiger charge is -2.51. The highest BCUT2D eigenvalue weighted by molar-refractivity contribution is 7.26. The number of benzene rings is 10. The highest BCUT2D eigenvalue weighted by atomic mass is 32.1. The highest BCUT2D eigenvalue weighted by Crippen LogP contribution is 2.65. The van der Waals surface area contributed by atoms with Crippen LogP contribution in [0.15, 0.2) is 194 Å². The molecule has 89 heavy (non-hydrogen) atoms. The van der Waals surface area contributed by atoms with Crippen LogP contribution in [0.4, 0.5) is 56.9 Å². The van der Waals surface area contributed by atoms with E-state index >= 15 is 0 Å². The minimum Gasteiger partial charge on any atom is -0.334 e. The van der Waals surface area contributed by atoms with Crippen LogP contribution in [0.3, 0.4) is 0 Å². The Kier molecular flexibility index (Phi) is 11.4. The molecular formula is C82H75BN4S2. The van der Waals surface area contributed by atoms with E-state index in [2.05, 4.69) is 276 Å². The first-order chi connectivity index (χ1) is 43.1. The van der Waals surface area contributed by atoms with E-state index in [-0.39, 0.29) is 34.0 Å². The van der Waals surface area contributed by atoms with Gasteiger partial charge in [-0.05, 0) is 193 Å². The first-order valence-electron chi connectivity index (χ1n) is 32.9. The Balaban J connectivity index is 0.992. The van der Waals surface area contributed by atoms with Crippen molar-refractivity contribution < 1.29 is 0 Å². The highest BCUT2D eigenvalue weighted by Gasteiger charge is 2.60. The first kappa shape index (κ1) is 53.9. The summed E-state index contributed by atoms with van der Waals surface area (Å²) >= 11 is 3.83. The molecule has 4 aliphatic heterocycles. The number of rotatable bonds is 5. The molecule has 0 spiro atoms. The van der Waals surface area contributed by atoms with Gasteiger partial charge >= 0.3 is 0 Å². The van der Waals surface area contributed by atoms with Crippen LogP contribution >= 0.6 is 22.7 Å². The topological polar surface area (TPSA) is 13.0 Å². The molecule has 12 aromatic rings. The third-order valence-corrected chi connectivity index (χ3v) is 25.7. The Morgan fingerprint density at radius 3 is 1.64 bits per heavy atom. The molecular weight excluding hydrogens is 1120 g/mol. The summed E-state index contributed by atoms with van der Waals surface area (Å²) in [5.74, 6) is 0. The fraction of sp³-hybridized carbons (Fsp3) is 0.268. The molecule has 18 rings (SSSR count). The summed E-state index contributed by atoms with van der Waals surface area (Å²) in [7, 11) is 0. The summed E-state index contributed by atoms with van der Waals surface area (Å²) in [5, 5.41) is 5.24. The summed E-state index contributed by atoms with van der Waals surface area (Å²) in [6.07, 6.45) is 9.49. The van der Waals surface area contributed by atoms with E-state index in [1.165, 1.54) is 185 Å². The SMILES string of the molecule is Cc1cc(C)c2c(c1)N(c1cc3c4c(c1)N(c1cccc5sc6ccccc6c15)c1cc(N5c6ccc(C(C)(C)C)cc6C6(C)CCCCC56C)ccc1B4c1cc(-c4ccccc4)ccc1N3c1cccc3sc4ccccc4c13)C1(C)CCCCC21C. The molecule has 2 aromatic heterocycles. The van der Waals surface area contributed by atoms with Crippen LogP contribution in [-0.2, 0) is 16.2 Å². The molecule has 0 amide bonds. The van der Waals surface area contributed by atoms with Crippen LogP contribution in [0, 0.1) is 13.8 Å². The van der Waals surface area contributed by atoms with Crippen molar-refractivity contribution in [1.82, 2.24) is 0 Å². The van der Waals surface area contributed by atoms with Gasteiger partial charge in [0.1, 0.15) is 0 Å². The number of fused-ring (bicyclic) bond motifs is 16. The minimum absolute atomic E-state index is 0.0300. The van der Waals surface area contributed by atoms with E-state index in [0.29, 0.717) is 0 Å². The van der Waals surface area contributed by atoms with Gasteiger partial charge in [-0.25, -0.2) is 0 Å². The van der Waals surface area contributed by atoms with Crippen molar-refractivity contribution in [2.24, 2.45) is 0 Å². The van der Waals surface area contributed by atoms with Crippen LogP contribution in [0.1, 0.15) is 128 Å². The Morgan fingerprint density at radius 2 is 0.978 bits per heavy atom. The lowest BCUT2D eigenvalue weighted by Crippen LogP contribution is -2.61. The molecule has 6 heterocycles. The van der Waals surface area contributed by atoms with Crippen LogP contribution < -0.4 is 36.0 Å². The Bertz CT molecular complexity index is 5010. The second-order valence-corrected chi connectivity index (χ2v) is 31.3. The third kappa shape index (κ3) is 7.23. The normalized spacial score (nSPS) is 22.4. The molecule has 4 atom stereocenters. The van der Waals surface area contributed by atoms with E-state index in [1.807, 2.05) is 22.7 Å². The average molecular weight is 1190 g/mol. The molecule has 7 heteroatoms. The van der Waals surface area contributed by atoms with Gasteiger partial charge in [-0.1, -0.05) is 176 Å². The zero-order valence-corrected chi connectivity index (χ0v) is 54.4. The summed E-state index contributed by atoms with van der Waals surface area (Å²) < 4.78 is 5.24. The van der Waals surface area contributed by atoms with Gasteiger partial charge in [0, 0.05) is 96.7 Å². The maximum atomic E-state index is 2.88. The van der Waals surface area contributed by atoms with Gasteiger partial charge in [0.15, 0.2) is 0 Å². The quantitative estimate of drug-likeness (QED) is 0.159. The molecule has 0 radical (unpaired) electrons. The van der Waals surface area contributed by atoms with Gasteiger partial charge in [-0.15, -0.1) is 22.7 Å². The molecule has 4 unspecified atom stereocenters. The largest absolute Gasteiger partial charge is 0.334 e. The average Bonchev–Trinajstić information content (AvgIpc) is 1.73. The number of hydrogen-bond acceptors (Lipinski definition) is 6. The molecule has 438 valence electrons. The molecule has 2 saturated carbocycles. The number of hydrogen-bond donors (Lipinski definition) is 0. The number of thiophene rings is 2. The van der Waals surface area contributed by atoms with Crippen molar-refractivity contribution in [3.63, 3.8) is 0 Å². The lowest BCUT2D eigenvalue weighted by atomic mass is 9.33. The fourth-order valence-electron chi connectivity index (χ4n) is 18.8. The maximum absolute atomic E-state index is 2.88. The number of aryl methyl sites for hydroxylation is 2. The maximum Gasteiger partial charge on any atom is 0.252 e. The third-order valence-electron chi connectivity index (χ3n) is 23.4. The van der Waals surface area contributed by atoms with Crippen molar-refractivity contribution in [3.05, 3.63) is 222 Å². The summed E-state index contributed by atoms with van der Waals surface area (Å²) in [5.41, 5.74) is 26.0. The molecule has 0 saturated heterocycles. The van der Waals surface area contributed by atoms with Gasteiger partial charge in [-0.3, -0.25) is 0 Å². The molecule has 4 nitrogen and oxygen atoms in total. The van der Waals surface area contributed by atoms with Crippen molar-refractivity contribution in [3.8, 4) is 11.1 Å². The molecule has 6 aliphatic rings. The van der Waals surface area contributed by atoms with Crippen molar-refractivity contribution in [2.75, 3.05) is 19.6 Å². The Hall–Kier alpha value is -8.10. The lowest BCUT2D eigenvalue weighted by molar-refractivity contribution is 0.194. The van der Waals surface area contributed by atoms with Crippen molar-refractivity contribution >= 4 is 143 Å². The summed E-state index contributed by atoms with van der Waals surface area (Å²) in [4.78, 5) is 11.2. The second-order valence-electron chi connectivity index (χ2n) is 29.1. The molecule has 2 fully saturated rings. The van der Waals surface area contributed by atoms with Crippen LogP contribution in [0.25, 0.3) is 51.5 Å². The van der Waals surface area contributed by atoms with E-state index in [9.17, 15) is 0 Å². The van der Waals surface area contributed by atoms with Crippen molar-refractivity contribution in [2.45, 2.75) is 141 Å². The summed E-state index contributed by atoms with van der Waals surface area (Å²) in [6, 6.07) is 76.7. The first-order valence-corrected chi connectivity index (χ1v) is 34.5. The molecule has 2 aliphatic carbocycles. The predicted octanol–water partition coefficient (Wildman–Crippen LogP) is 21.6. The van der Waals surface area contributed by atoms with E-state index in [0.717, 1.165) is 19.3 Å². The smallest absolute Gasteiger partial charge is 0.252 e. The minimum atomic E-state index is -0.190. The van der Waals surface area contributed by atoms with Gasteiger partial charge < -0.3 is 19.6 Å². The van der Waals surface area contributed by atoms with Crippen LogP contribution in [-0.4, -0.2) is 17.8 Å². The number of anilines is 10. The zero-order valence-electron chi connectivity index (χ0n) is 52.8. The molecule has 0 bridgehead atoms. The standard InChI is InChI=1S/C82H75BN4S2/c1-50-43-51(2)76-67(44-50)87(82(9)42-20-18-40-80(76,82)7)56-48-68-77-69(49-56)85(65-28-22-32-73-75(65)58-26-14-16-30-71(58)89-73)66-47-55(86-62-38-34-54(78(3,4)5)46-59(62)79(6)39-17-19-41-81(79,86)8)35-36-60(66)83(77)61-45-53(52-23-11-10-12-24-52)33-37-63(61)84(68)64-27-21-31-72-74(64)57-25-13-15-29-70(57)88-72/h10-16,21-38,43-49H,17-20,39-42H2,1-9H3. The van der Waals surface area contributed by atoms with Crippen molar-refractivity contribution in [1.29, 1.82) is 0 Å². The monoisotopic (exact) mass is 1190 g/mol. The Labute approximate surface area is 533 Å². The fourth-order valence-corrected chi connectivity index (χ4v) is 21.1. The van der Waals surface area contributed by atoms with Crippen LogP contribution in [0.5, 0.6) is 0 Å². The van der Waals surface area contributed by atoms with Gasteiger partial charge in [0.25, 0.3) is 6.71 Å². The van der Waals surface area contributed by atoms with Crippen LogP contribution in [0.2, 0.25) is 0 Å². The van der Waals surface area contributed by atoms with Gasteiger partial charge in [-0.2, -0.15) is 0 Å². The predicted molar refractivity (Wildman–Crippen MR) is 385 cm³/mol. The van der Waals surface area contributed by atoms with Gasteiger partial charge in [0.2, 0.25) is 0 Å². The molecule has 10 aromatic carbocycles. The summed E-state index contributed by atoms with van der Waals surface area (Å²) in [6.45, 7) is 22.2. The van der Waals surface area contributed by atoms with E-state index in [4.69, 9.17) is 0 Å². The second kappa shape index (κ2) is 18.7. The number of nitrogens with zero attached hydrogens (tertiary/aromatic N) is 4. The van der Waals surface area contributed by atoms with Gasteiger partial charge in [0.05, 0.1) is 22.5 Å². The zero-order chi connectivity index (χ0) is 60.3. The van der Waals surface area contributed by atoms with E-state index in [1.54, 1.807) is 0 Å².